The molecule has 2 atom stereocenters. The van der Waals surface area contributed by atoms with Gasteiger partial charge in [0.05, 0.1) is 0 Å². The fraction of sp³-hybridized carbons (Fsp3) is 0.333. The molecule has 1 aliphatic rings. The van der Waals surface area contributed by atoms with E-state index < -0.39 is 18.0 Å². The van der Waals surface area contributed by atoms with E-state index in [2.05, 4.69) is 0 Å². The van der Waals surface area contributed by atoms with E-state index in [1.807, 2.05) is 0 Å². The van der Waals surface area contributed by atoms with Crippen LogP contribution in [0.25, 0.3) is 6.08 Å². The van der Waals surface area contributed by atoms with Gasteiger partial charge in [0.1, 0.15) is 17.9 Å². The number of carboxylic acids is 2. The molecule has 21 heavy (non-hydrogen) atoms. The van der Waals surface area contributed by atoms with Gasteiger partial charge in [0.25, 0.3) is 0 Å². The summed E-state index contributed by atoms with van der Waals surface area (Å²) < 4.78 is 5.76. The van der Waals surface area contributed by atoms with E-state index in [1.54, 1.807) is 36.2 Å². The Morgan fingerprint density at radius 2 is 1.95 bits per heavy atom. The fourth-order valence-electron chi connectivity index (χ4n) is 2.34. The first-order valence-electron chi connectivity index (χ1n) is 6.56. The van der Waals surface area contributed by atoms with E-state index in [4.69, 9.17) is 14.9 Å². The van der Waals surface area contributed by atoms with Crippen LogP contribution in [0.4, 0.5) is 0 Å². The topological polar surface area (TPSA) is 87.1 Å². The lowest BCUT2D eigenvalue weighted by molar-refractivity contribution is -0.141. The third kappa shape index (κ3) is 4.06. The summed E-state index contributed by atoms with van der Waals surface area (Å²) in [6.07, 6.45) is 2.86. The summed E-state index contributed by atoms with van der Waals surface area (Å²) in [5.41, 5.74) is 0.761. The summed E-state index contributed by atoms with van der Waals surface area (Å²) >= 11 is 0. The molecule has 1 fully saturated rings. The Morgan fingerprint density at radius 1 is 1.29 bits per heavy atom. The van der Waals surface area contributed by atoms with Gasteiger partial charge in [-0.15, -0.1) is 0 Å². The van der Waals surface area contributed by atoms with Crippen molar-refractivity contribution in [3.05, 3.63) is 35.9 Å². The third-order valence-electron chi connectivity index (χ3n) is 3.40. The van der Waals surface area contributed by atoms with Crippen LogP contribution in [0.15, 0.2) is 30.3 Å². The molecule has 0 amide bonds. The van der Waals surface area contributed by atoms with Crippen LogP contribution in [-0.2, 0) is 9.59 Å². The lowest BCUT2D eigenvalue weighted by atomic mass is 10.2. The van der Waals surface area contributed by atoms with E-state index in [9.17, 15) is 9.59 Å². The van der Waals surface area contributed by atoms with Crippen LogP contribution in [0.1, 0.15) is 12.0 Å². The van der Waals surface area contributed by atoms with E-state index in [0.29, 0.717) is 18.7 Å². The maximum atomic E-state index is 11.0. The zero-order valence-electron chi connectivity index (χ0n) is 11.6. The number of benzene rings is 1. The molecule has 0 aliphatic carbocycles. The van der Waals surface area contributed by atoms with Crippen LogP contribution in [-0.4, -0.2) is 52.8 Å². The van der Waals surface area contributed by atoms with Crippen LogP contribution in [0.2, 0.25) is 0 Å². The van der Waals surface area contributed by atoms with Gasteiger partial charge >= 0.3 is 11.9 Å². The molecule has 0 radical (unpaired) electrons. The molecule has 2 N–H and O–H groups in total. The van der Waals surface area contributed by atoms with E-state index in [1.165, 1.54) is 6.08 Å². The number of likely N-dealkylation sites (N-methyl/N-ethyl adjacent to an activating group) is 1. The van der Waals surface area contributed by atoms with E-state index in [0.717, 1.165) is 11.6 Å². The number of aliphatic carboxylic acids is 2. The Morgan fingerprint density at radius 3 is 2.48 bits per heavy atom. The molecule has 1 saturated heterocycles. The van der Waals surface area contributed by atoms with Gasteiger partial charge in [-0.05, 0) is 30.8 Å². The van der Waals surface area contributed by atoms with Crippen LogP contribution in [0, 0.1) is 0 Å². The van der Waals surface area contributed by atoms with Gasteiger partial charge in [-0.2, -0.15) is 0 Å². The average molecular weight is 291 g/mol. The van der Waals surface area contributed by atoms with Crippen molar-refractivity contribution in [2.45, 2.75) is 18.6 Å². The van der Waals surface area contributed by atoms with Gasteiger partial charge in [0.2, 0.25) is 0 Å². The minimum atomic E-state index is -0.996. The quantitative estimate of drug-likeness (QED) is 0.796. The normalized spacial score (nSPS) is 22.5. The Balaban J connectivity index is 1.95. The van der Waals surface area contributed by atoms with Crippen LogP contribution in [0.3, 0.4) is 0 Å². The first kappa shape index (κ1) is 15.1. The Hall–Kier alpha value is -2.34. The van der Waals surface area contributed by atoms with E-state index >= 15 is 0 Å². The number of nitrogens with zero attached hydrogens (tertiary/aromatic N) is 1. The van der Waals surface area contributed by atoms with Crippen LogP contribution >= 0.6 is 0 Å². The van der Waals surface area contributed by atoms with Crippen molar-refractivity contribution in [3.63, 3.8) is 0 Å². The van der Waals surface area contributed by atoms with Gasteiger partial charge in [0.15, 0.2) is 0 Å². The van der Waals surface area contributed by atoms with Crippen molar-refractivity contribution < 1.29 is 24.5 Å². The second-order valence-electron chi connectivity index (χ2n) is 5.01. The number of hydrogen-bond donors (Lipinski definition) is 2. The highest BCUT2D eigenvalue weighted by molar-refractivity contribution is 5.85. The third-order valence-corrected chi connectivity index (χ3v) is 3.40. The second kappa shape index (κ2) is 6.41. The summed E-state index contributed by atoms with van der Waals surface area (Å²) in [4.78, 5) is 23.2. The molecule has 1 aromatic rings. The summed E-state index contributed by atoms with van der Waals surface area (Å²) in [7, 11) is 1.77. The zero-order valence-corrected chi connectivity index (χ0v) is 11.6. The van der Waals surface area contributed by atoms with Crippen LogP contribution in [0.5, 0.6) is 5.75 Å². The van der Waals surface area contributed by atoms with Gasteiger partial charge in [-0.25, -0.2) is 4.79 Å². The highest BCUT2D eigenvalue weighted by atomic mass is 16.5. The molecule has 1 aromatic carbocycles. The van der Waals surface area contributed by atoms with Gasteiger partial charge in [-0.3, -0.25) is 9.69 Å². The van der Waals surface area contributed by atoms with Gasteiger partial charge < -0.3 is 14.9 Å². The largest absolute Gasteiger partial charge is 0.489 e. The van der Waals surface area contributed by atoms with Crippen LogP contribution < -0.4 is 4.74 Å². The van der Waals surface area contributed by atoms with Crippen molar-refractivity contribution in [2.24, 2.45) is 0 Å². The summed E-state index contributed by atoms with van der Waals surface area (Å²) in [6.45, 7) is 0.567. The molecule has 2 rings (SSSR count). The Labute approximate surface area is 122 Å². The van der Waals surface area contributed by atoms with E-state index in [-0.39, 0.29) is 6.10 Å². The van der Waals surface area contributed by atoms with Gasteiger partial charge in [-0.1, -0.05) is 12.1 Å². The Bertz CT molecular complexity index is 552. The summed E-state index contributed by atoms with van der Waals surface area (Å²) in [5, 5.41) is 17.6. The summed E-state index contributed by atoms with van der Waals surface area (Å²) in [6, 6.07) is 6.49. The fourth-order valence-corrected chi connectivity index (χ4v) is 2.34. The molecule has 0 aromatic heterocycles. The van der Waals surface area contributed by atoms with Crippen molar-refractivity contribution in [2.75, 3.05) is 13.6 Å². The monoisotopic (exact) mass is 291 g/mol. The first-order valence-corrected chi connectivity index (χ1v) is 6.56. The molecule has 1 aliphatic heterocycles. The lowest BCUT2D eigenvalue weighted by Crippen LogP contribution is -2.32. The molecule has 0 bridgehead atoms. The molecule has 0 spiro atoms. The number of rotatable bonds is 5. The predicted octanol–water partition coefficient (Wildman–Crippen LogP) is 1.32. The first-order chi connectivity index (χ1) is 9.95. The zero-order chi connectivity index (χ0) is 15.4. The highest BCUT2D eigenvalue weighted by Crippen LogP contribution is 2.22. The molecule has 1 unspecified atom stereocenters. The van der Waals surface area contributed by atoms with Crippen molar-refractivity contribution in [3.8, 4) is 5.75 Å². The lowest BCUT2D eigenvalue weighted by Gasteiger charge is -2.13. The maximum Gasteiger partial charge on any atom is 0.328 e. The second-order valence-corrected chi connectivity index (χ2v) is 5.01. The number of carboxylic acid groups (broad SMARTS) is 2. The molecular weight excluding hydrogens is 274 g/mol. The molecule has 0 saturated carbocycles. The van der Waals surface area contributed by atoms with Crippen molar-refractivity contribution >= 4 is 18.0 Å². The number of carbonyl (C=O) groups is 2. The van der Waals surface area contributed by atoms with Crippen molar-refractivity contribution in [1.82, 2.24) is 4.90 Å². The standard InChI is InChI=1S/C15H17NO5/c1-16-9-12(8-13(16)15(19)20)21-11-5-2-10(3-6-11)4-7-14(17)18/h2-7,12-13H,8-9H2,1H3,(H,17,18)(H,19,20)/b7-4+/t12?,13-/m0/s1. The Kier molecular flexibility index (Phi) is 4.59. The minimum absolute atomic E-state index is 0.156. The number of likely N-dealkylation sites (tertiary alicyclic amines) is 1. The molecule has 1 heterocycles. The molecular formula is C15H17NO5. The number of hydrogen-bond acceptors (Lipinski definition) is 4. The molecule has 6 heteroatoms. The number of ether oxygens (including phenoxy) is 1. The predicted molar refractivity (Wildman–Crippen MR) is 76.2 cm³/mol. The van der Waals surface area contributed by atoms with Crippen molar-refractivity contribution in [1.29, 1.82) is 0 Å². The molecule has 6 nitrogen and oxygen atoms in total. The molecule has 112 valence electrons. The smallest absolute Gasteiger partial charge is 0.328 e. The SMILES string of the molecule is CN1CC(Oc2ccc(/C=C/C(=O)O)cc2)C[C@H]1C(=O)O. The van der Waals surface area contributed by atoms with Gasteiger partial charge in [0, 0.05) is 19.0 Å². The highest BCUT2D eigenvalue weighted by Gasteiger charge is 2.35. The maximum absolute atomic E-state index is 11.0. The minimum Gasteiger partial charge on any atom is -0.489 e. The average Bonchev–Trinajstić information content (AvgIpc) is 2.79. The summed E-state index contributed by atoms with van der Waals surface area (Å²) in [5.74, 6) is -1.19.